The molecule has 1 aromatic rings. The van der Waals surface area contributed by atoms with E-state index in [2.05, 4.69) is 21.4 Å². The summed E-state index contributed by atoms with van der Waals surface area (Å²) < 4.78 is 0. The summed E-state index contributed by atoms with van der Waals surface area (Å²) >= 11 is 1.38. The highest BCUT2D eigenvalue weighted by Crippen LogP contribution is 2.12. The Kier molecular flexibility index (Phi) is 5.73. The Labute approximate surface area is 105 Å². The standard InChI is InChI=1S/C11H16N4OS/c1-3-4-8-5-10(16)15-11(14-8)17-7-9(6-12)13-2/h5,9,13H,3-4,7H2,1-2H3,(H,14,15,16). The van der Waals surface area contributed by atoms with Crippen molar-refractivity contribution in [2.75, 3.05) is 12.8 Å². The number of aromatic nitrogens is 2. The van der Waals surface area contributed by atoms with Crippen LogP contribution < -0.4 is 10.9 Å². The predicted molar refractivity (Wildman–Crippen MR) is 68.0 cm³/mol. The van der Waals surface area contributed by atoms with Crippen LogP contribution in [-0.4, -0.2) is 28.8 Å². The minimum Gasteiger partial charge on any atom is -0.304 e. The molecule has 1 atom stereocenters. The Hall–Kier alpha value is -1.32. The molecule has 0 amide bonds. The van der Waals surface area contributed by atoms with Crippen molar-refractivity contribution in [1.29, 1.82) is 5.26 Å². The fourth-order valence-corrected chi connectivity index (χ4v) is 2.20. The lowest BCUT2D eigenvalue weighted by Crippen LogP contribution is -2.25. The molecule has 5 nitrogen and oxygen atoms in total. The summed E-state index contributed by atoms with van der Waals surface area (Å²) in [6.45, 7) is 2.04. The van der Waals surface area contributed by atoms with Gasteiger partial charge in [-0.05, 0) is 13.5 Å². The molecule has 0 aromatic carbocycles. The van der Waals surface area contributed by atoms with Gasteiger partial charge in [-0.1, -0.05) is 25.1 Å². The van der Waals surface area contributed by atoms with Gasteiger partial charge < -0.3 is 10.3 Å². The highest BCUT2D eigenvalue weighted by molar-refractivity contribution is 7.99. The Morgan fingerprint density at radius 2 is 2.47 bits per heavy atom. The van der Waals surface area contributed by atoms with Gasteiger partial charge in [0, 0.05) is 17.5 Å². The van der Waals surface area contributed by atoms with Gasteiger partial charge in [-0.2, -0.15) is 5.26 Å². The average molecular weight is 252 g/mol. The largest absolute Gasteiger partial charge is 0.304 e. The zero-order chi connectivity index (χ0) is 12.7. The second-order valence-electron chi connectivity index (χ2n) is 3.57. The summed E-state index contributed by atoms with van der Waals surface area (Å²) in [5.74, 6) is 0.561. The summed E-state index contributed by atoms with van der Waals surface area (Å²) in [7, 11) is 1.73. The first-order valence-corrected chi connectivity index (χ1v) is 6.48. The summed E-state index contributed by atoms with van der Waals surface area (Å²) in [6, 6.07) is 3.41. The summed E-state index contributed by atoms with van der Waals surface area (Å²) in [5, 5.41) is 12.2. The number of thioether (sulfide) groups is 1. The molecule has 6 heteroatoms. The van der Waals surface area contributed by atoms with Gasteiger partial charge in [0.25, 0.3) is 5.56 Å². The smallest absolute Gasteiger partial charge is 0.251 e. The molecule has 0 saturated heterocycles. The predicted octanol–water partition coefficient (Wildman–Crippen LogP) is 0.926. The molecule has 0 spiro atoms. The molecule has 0 aliphatic rings. The normalized spacial score (nSPS) is 12.1. The molecule has 0 fully saturated rings. The third-order valence-corrected chi connectivity index (χ3v) is 3.14. The van der Waals surface area contributed by atoms with E-state index in [0.717, 1.165) is 18.5 Å². The lowest BCUT2D eigenvalue weighted by Gasteiger charge is -2.06. The molecule has 0 bridgehead atoms. The topological polar surface area (TPSA) is 81.6 Å². The van der Waals surface area contributed by atoms with Crippen LogP contribution in [0, 0.1) is 11.3 Å². The maximum absolute atomic E-state index is 11.4. The highest BCUT2D eigenvalue weighted by atomic mass is 32.2. The number of nitrogens with one attached hydrogen (secondary N) is 2. The van der Waals surface area contributed by atoms with Crippen LogP contribution in [0.2, 0.25) is 0 Å². The van der Waals surface area contributed by atoms with E-state index < -0.39 is 0 Å². The quantitative estimate of drug-likeness (QED) is 0.581. The van der Waals surface area contributed by atoms with E-state index in [1.54, 1.807) is 7.05 Å². The van der Waals surface area contributed by atoms with Crippen molar-refractivity contribution < 1.29 is 0 Å². The fraction of sp³-hybridized carbons (Fsp3) is 0.545. The Balaban J connectivity index is 2.71. The van der Waals surface area contributed by atoms with Crippen LogP contribution in [0.5, 0.6) is 0 Å². The van der Waals surface area contributed by atoms with Crippen LogP contribution >= 0.6 is 11.8 Å². The number of H-pyrrole nitrogens is 1. The first-order chi connectivity index (χ1) is 8.19. The van der Waals surface area contributed by atoms with Gasteiger partial charge in [-0.15, -0.1) is 0 Å². The van der Waals surface area contributed by atoms with Crippen molar-refractivity contribution in [3.63, 3.8) is 0 Å². The first-order valence-electron chi connectivity index (χ1n) is 5.49. The Morgan fingerprint density at radius 1 is 1.71 bits per heavy atom. The molecule has 0 saturated carbocycles. The molecule has 1 heterocycles. The van der Waals surface area contributed by atoms with Crippen molar-refractivity contribution in [3.8, 4) is 6.07 Å². The zero-order valence-electron chi connectivity index (χ0n) is 9.99. The van der Waals surface area contributed by atoms with Gasteiger partial charge in [0.15, 0.2) is 5.16 Å². The van der Waals surface area contributed by atoms with Crippen LogP contribution in [0.3, 0.4) is 0 Å². The lowest BCUT2D eigenvalue weighted by molar-refractivity contribution is 0.746. The zero-order valence-corrected chi connectivity index (χ0v) is 10.8. The number of hydrogen-bond acceptors (Lipinski definition) is 5. The highest BCUT2D eigenvalue weighted by Gasteiger charge is 2.07. The number of hydrogen-bond donors (Lipinski definition) is 2. The molecule has 1 aromatic heterocycles. The molecule has 0 radical (unpaired) electrons. The average Bonchev–Trinajstić information content (AvgIpc) is 2.30. The molecule has 0 aliphatic carbocycles. The Morgan fingerprint density at radius 3 is 3.06 bits per heavy atom. The van der Waals surface area contributed by atoms with Crippen molar-refractivity contribution in [2.24, 2.45) is 0 Å². The molecule has 2 N–H and O–H groups in total. The van der Waals surface area contributed by atoms with Crippen LogP contribution in [0.15, 0.2) is 16.0 Å². The van der Waals surface area contributed by atoms with Crippen LogP contribution in [0.1, 0.15) is 19.0 Å². The number of rotatable bonds is 6. The second-order valence-corrected chi connectivity index (χ2v) is 4.58. The third-order valence-electron chi connectivity index (χ3n) is 2.17. The van der Waals surface area contributed by atoms with Crippen molar-refractivity contribution >= 4 is 11.8 Å². The number of aromatic amines is 1. The monoisotopic (exact) mass is 252 g/mol. The van der Waals surface area contributed by atoms with E-state index in [1.807, 2.05) is 6.92 Å². The van der Waals surface area contributed by atoms with Crippen LogP contribution in [-0.2, 0) is 6.42 Å². The summed E-state index contributed by atoms with van der Waals surface area (Å²) in [5.41, 5.74) is 0.667. The fourth-order valence-electron chi connectivity index (χ4n) is 1.28. The van der Waals surface area contributed by atoms with Crippen LogP contribution in [0.4, 0.5) is 0 Å². The maximum atomic E-state index is 11.4. The maximum Gasteiger partial charge on any atom is 0.251 e. The molecule has 1 unspecified atom stereocenters. The lowest BCUT2D eigenvalue weighted by atomic mass is 10.2. The number of aryl methyl sites for hydroxylation is 1. The Bertz CT molecular complexity index is 452. The SMILES string of the molecule is CCCc1cc(=O)[nH]c(SCC(C#N)NC)n1. The van der Waals surface area contributed by atoms with E-state index in [1.165, 1.54) is 17.8 Å². The molecule has 0 aliphatic heterocycles. The van der Waals surface area contributed by atoms with E-state index in [0.29, 0.717) is 10.9 Å². The molecule has 17 heavy (non-hydrogen) atoms. The van der Waals surface area contributed by atoms with Gasteiger partial charge in [-0.3, -0.25) is 4.79 Å². The van der Waals surface area contributed by atoms with Crippen LogP contribution in [0.25, 0.3) is 0 Å². The van der Waals surface area contributed by atoms with E-state index in [-0.39, 0.29) is 11.6 Å². The van der Waals surface area contributed by atoms with Gasteiger partial charge >= 0.3 is 0 Å². The summed E-state index contributed by atoms with van der Waals surface area (Å²) in [6.07, 6.45) is 1.75. The van der Waals surface area contributed by atoms with Gasteiger partial charge in [-0.25, -0.2) is 4.98 Å². The number of nitriles is 1. The molecular weight excluding hydrogens is 236 g/mol. The van der Waals surface area contributed by atoms with Crippen molar-refractivity contribution in [2.45, 2.75) is 31.0 Å². The van der Waals surface area contributed by atoms with Gasteiger partial charge in [0.05, 0.1) is 6.07 Å². The minimum absolute atomic E-state index is 0.135. The van der Waals surface area contributed by atoms with Crippen molar-refractivity contribution in [3.05, 3.63) is 22.1 Å². The van der Waals surface area contributed by atoms with E-state index in [4.69, 9.17) is 5.26 Å². The van der Waals surface area contributed by atoms with E-state index in [9.17, 15) is 4.79 Å². The second kappa shape index (κ2) is 7.09. The first kappa shape index (κ1) is 13.7. The third kappa shape index (κ3) is 4.59. The molecule has 92 valence electrons. The van der Waals surface area contributed by atoms with Crippen molar-refractivity contribution in [1.82, 2.24) is 15.3 Å². The molecular formula is C11H16N4OS. The number of nitrogens with zero attached hydrogens (tertiary/aromatic N) is 2. The van der Waals surface area contributed by atoms with Gasteiger partial charge in [0.2, 0.25) is 0 Å². The minimum atomic E-state index is -0.236. The van der Waals surface area contributed by atoms with E-state index >= 15 is 0 Å². The van der Waals surface area contributed by atoms with Gasteiger partial charge in [0.1, 0.15) is 6.04 Å². The molecule has 1 rings (SSSR count). The summed E-state index contributed by atoms with van der Waals surface area (Å²) in [4.78, 5) is 18.4.